The van der Waals surface area contributed by atoms with Gasteiger partial charge in [0.25, 0.3) is 0 Å². The maximum Gasteiger partial charge on any atom is 0.408 e. The van der Waals surface area contributed by atoms with Crippen molar-refractivity contribution in [2.75, 3.05) is 0 Å². The lowest BCUT2D eigenvalue weighted by Gasteiger charge is -2.19. The summed E-state index contributed by atoms with van der Waals surface area (Å²) in [6.07, 6.45) is -1.75. The number of amides is 1. The molecule has 1 aromatic carbocycles. The van der Waals surface area contributed by atoms with Gasteiger partial charge in [0.15, 0.2) is 0 Å². The summed E-state index contributed by atoms with van der Waals surface area (Å²) in [6, 6.07) is 4.77. The van der Waals surface area contributed by atoms with Crippen LogP contribution in [0.3, 0.4) is 0 Å². The molecule has 1 aromatic heterocycles. The van der Waals surface area contributed by atoms with Crippen LogP contribution in [0.5, 0.6) is 0 Å². The number of benzene rings is 1. The van der Waals surface area contributed by atoms with E-state index >= 15 is 0 Å². The fourth-order valence-electron chi connectivity index (χ4n) is 2.18. The largest absolute Gasteiger partial charge is 0.442 e. The highest BCUT2D eigenvalue weighted by molar-refractivity contribution is 7.09. The van der Waals surface area contributed by atoms with Crippen LogP contribution >= 0.6 is 11.3 Å². The van der Waals surface area contributed by atoms with Crippen LogP contribution in [-0.2, 0) is 4.74 Å². The molecule has 0 aliphatic carbocycles. The maximum atomic E-state index is 13.7. The standard InChI is InChI=1S/C17H18FN3O3S/c1-9(19)15(16(22)14-8-25-11(3)20-14)21-17(23)24-10(2)12-6-4-5-7-13(12)18/h4-8,10,15,19H,1-3H3,(H,21,23). The second-order valence-corrected chi connectivity index (χ2v) is 6.51. The molecular formula is C17H18FN3O3S. The smallest absolute Gasteiger partial charge is 0.408 e. The third-order valence-corrected chi connectivity index (χ3v) is 4.23. The van der Waals surface area contributed by atoms with Crippen molar-refractivity contribution in [2.24, 2.45) is 0 Å². The summed E-state index contributed by atoms with van der Waals surface area (Å²) in [5.41, 5.74) is 0.356. The molecule has 2 rings (SSSR count). The number of aromatic nitrogens is 1. The summed E-state index contributed by atoms with van der Waals surface area (Å²) in [5.74, 6) is -0.982. The van der Waals surface area contributed by atoms with E-state index in [1.54, 1.807) is 18.4 Å². The second-order valence-electron chi connectivity index (χ2n) is 5.45. The Hall–Kier alpha value is -2.61. The molecule has 1 amide bonds. The van der Waals surface area contributed by atoms with E-state index in [1.165, 1.54) is 43.4 Å². The molecule has 2 unspecified atom stereocenters. The van der Waals surface area contributed by atoms with Gasteiger partial charge >= 0.3 is 6.09 Å². The van der Waals surface area contributed by atoms with Gasteiger partial charge in [-0.2, -0.15) is 0 Å². The number of Topliss-reactive ketones (excluding diaryl/α,β-unsaturated/α-hetero) is 1. The average Bonchev–Trinajstić information content (AvgIpc) is 2.98. The number of hydrogen-bond donors (Lipinski definition) is 2. The van der Waals surface area contributed by atoms with Crippen LogP contribution in [0.25, 0.3) is 0 Å². The number of nitrogens with one attached hydrogen (secondary N) is 2. The average molecular weight is 363 g/mol. The fraction of sp³-hybridized carbons (Fsp3) is 0.294. The van der Waals surface area contributed by atoms with Crippen molar-refractivity contribution in [3.05, 3.63) is 51.7 Å². The van der Waals surface area contributed by atoms with Gasteiger partial charge in [-0.3, -0.25) is 4.79 Å². The number of alkyl carbamates (subject to hydrolysis) is 1. The molecule has 0 radical (unpaired) electrons. The van der Waals surface area contributed by atoms with Crippen LogP contribution < -0.4 is 5.32 Å². The first-order valence-corrected chi connectivity index (χ1v) is 8.40. The van der Waals surface area contributed by atoms with Gasteiger partial charge in [-0.1, -0.05) is 18.2 Å². The zero-order chi connectivity index (χ0) is 18.6. The third kappa shape index (κ3) is 4.69. The highest BCUT2D eigenvalue weighted by atomic mass is 32.1. The molecule has 2 aromatic rings. The lowest BCUT2D eigenvalue weighted by molar-refractivity contribution is 0.0895. The summed E-state index contributed by atoms with van der Waals surface area (Å²) in [7, 11) is 0. The summed E-state index contributed by atoms with van der Waals surface area (Å²) < 4.78 is 18.9. The predicted molar refractivity (Wildman–Crippen MR) is 92.8 cm³/mol. The first kappa shape index (κ1) is 18.7. The molecule has 132 valence electrons. The summed E-state index contributed by atoms with van der Waals surface area (Å²) in [4.78, 5) is 28.6. The first-order chi connectivity index (χ1) is 11.8. The topological polar surface area (TPSA) is 92.1 Å². The van der Waals surface area contributed by atoms with E-state index in [0.717, 1.165) is 0 Å². The molecular weight excluding hydrogens is 345 g/mol. The number of thiazole rings is 1. The zero-order valence-electron chi connectivity index (χ0n) is 14.0. The monoisotopic (exact) mass is 363 g/mol. The molecule has 2 atom stereocenters. The Morgan fingerprint density at radius 2 is 2.04 bits per heavy atom. The minimum Gasteiger partial charge on any atom is -0.442 e. The highest BCUT2D eigenvalue weighted by Crippen LogP contribution is 2.20. The lowest BCUT2D eigenvalue weighted by Crippen LogP contribution is -2.45. The Balaban J connectivity index is 2.07. The van der Waals surface area contributed by atoms with E-state index in [-0.39, 0.29) is 17.0 Å². The highest BCUT2D eigenvalue weighted by Gasteiger charge is 2.27. The Labute approximate surface area is 148 Å². The molecule has 8 heteroatoms. The van der Waals surface area contributed by atoms with Gasteiger partial charge in [0.05, 0.1) is 5.01 Å². The number of carbonyl (C=O) groups excluding carboxylic acids is 2. The van der Waals surface area contributed by atoms with Crippen LogP contribution in [0.15, 0.2) is 29.6 Å². The minimum absolute atomic E-state index is 0.0499. The molecule has 0 spiro atoms. The number of carbonyl (C=O) groups is 2. The Morgan fingerprint density at radius 1 is 1.36 bits per heavy atom. The number of rotatable bonds is 6. The first-order valence-electron chi connectivity index (χ1n) is 7.52. The van der Waals surface area contributed by atoms with E-state index in [1.807, 2.05) is 0 Å². The molecule has 1 heterocycles. The molecule has 25 heavy (non-hydrogen) atoms. The van der Waals surface area contributed by atoms with E-state index in [2.05, 4.69) is 10.3 Å². The molecule has 2 N–H and O–H groups in total. The normalized spacial score (nSPS) is 13.0. The minimum atomic E-state index is -1.18. The molecule has 6 nitrogen and oxygen atoms in total. The molecule has 0 aliphatic rings. The number of hydrogen-bond acceptors (Lipinski definition) is 6. The van der Waals surface area contributed by atoms with Crippen molar-refractivity contribution in [3.63, 3.8) is 0 Å². The zero-order valence-corrected chi connectivity index (χ0v) is 14.8. The number of nitrogens with zero attached hydrogens (tertiary/aromatic N) is 1. The van der Waals surface area contributed by atoms with E-state index < -0.39 is 29.8 Å². The van der Waals surface area contributed by atoms with Crippen molar-refractivity contribution < 1.29 is 18.7 Å². The predicted octanol–water partition coefficient (Wildman–Crippen LogP) is 3.67. The molecule has 0 saturated heterocycles. The van der Waals surface area contributed by atoms with Gasteiger partial charge in [-0.05, 0) is 26.8 Å². The van der Waals surface area contributed by atoms with Crippen molar-refractivity contribution in [2.45, 2.75) is 32.9 Å². The van der Waals surface area contributed by atoms with Crippen LogP contribution in [0.4, 0.5) is 9.18 Å². The van der Waals surface area contributed by atoms with Crippen LogP contribution in [0.2, 0.25) is 0 Å². The van der Waals surface area contributed by atoms with E-state index in [9.17, 15) is 14.0 Å². The van der Waals surface area contributed by atoms with Gasteiger partial charge in [0, 0.05) is 16.7 Å². The van der Waals surface area contributed by atoms with Gasteiger partial charge in [0.1, 0.15) is 23.7 Å². The number of aryl methyl sites for hydroxylation is 1. The molecule has 0 aliphatic heterocycles. The number of ether oxygens (including phenoxy) is 1. The van der Waals surface area contributed by atoms with Crippen molar-refractivity contribution >= 4 is 28.9 Å². The number of halogens is 1. The molecule has 0 bridgehead atoms. The SMILES string of the molecule is CC(=N)C(NC(=O)OC(C)c1ccccc1F)C(=O)c1csc(C)n1. The van der Waals surface area contributed by atoms with Gasteiger partial charge in [-0.25, -0.2) is 14.2 Å². The second kappa shape index (κ2) is 7.98. The van der Waals surface area contributed by atoms with Crippen LogP contribution in [-0.4, -0.2) is 28.6 Å². The Kier molecular flexibility index (Phi) is 5.97. The summed E-state index contributed by atoms with van der Waals surface area (Å²) >= 11 is 1.30. The van der Waals surface area contributed by atoms with Gasteiger partial charge < -0.3 is 15.5 Å². The fourth-order valence-corrected chi connectivity index (χ4v) is 2.78. The van der Waals surface area contributed by atoms with Crippen LogP contribution in [0, 0.1) is 18.2 Å². The molecule has 0 fully saturated rings. The van der Waals surface area contributed by atoms with Gasteiger partial charge in [0.2, 0.25) is 5.78 Å². The van der Waals surface area contributed by atoms with Crippen LogP contribution in [0.1, 0.15) is 41.0 Å². The Morgan fingerprint density at radius 3 is 2.60 bits per heavy atom. The Bertz CT molecular complexity index is 806. The summed E-state index contributed by atoms with van der Waals surface area (Å²) in [6.45, 7) is 4.68. The quantitative estimate of drug-likeness (QED) is 0.605. The van der Waals surface area contributed by atoms with Crippen molar-refractivity contribution in [3.8, 4) is 0 Å². The van der Waals surface area contributed by atoms with E-state index in [4.69, 9.17) is 10.1 Å². The number of ketones is 1. The molecule has 0 saturated carbocycles. The van der Waals surface area contributed by atoms with Crippen molar-refractivity contribution in [1.82, 2.24) is 10.3 Å². The van der Waals surface area contributed by atoms with Crippen molar-refractivity contribution in [1.29, 1.82) is 5.41 Å². The van der Waals surface area contributed by atoms with Gasteiger partial charge in [-0.15, -0.1) is 11.3 Å². The third-order valence-electron chi connectivity index (χ3n) is 3.46. The lowest BCUT2D eigenvalue weighted by atomic mass is 10.1. The summed E-state index contributed by atoms with van der Waals surface area (Å²) in [5, 5.41) is 12.4. The van der Waals surface area contributed by atoms with E-state index in [0.29, 0.717) is 5.01 Å². The maximum absolute atomic E-state index is 13.7.